The molecule has 0 atom stereocenters. The Morgan fingerprint density at radius 1 is 1.39 bits per heavy atom. The van der Waals surface area contributed by atoms with Crippen LogP contribution in [-0.2, 0) is 0 Å². The van der Waals surface area contributed by atoms with Crippen molar-refractivity contribution in [3.8, 4) is 0 Å². The molecule has 1 aromatic rings. The molecule has 0 aromatic carbocycles. The van der Waals surface area contributed by atoms with Crippen molar-refractivity contribution in [1.82, 2.24) is 4.98 Å². The third-order valence-electron chi connectivity index (χ3n) is 2.57. The van der Waals surface area contributed by atoms with E-state index in [2.05, 4.69) is 11.6 Å². The number of aromatic nitrogens is 1. The van der Waals surface area contributed by atoms with E-state index in [1.807, 2.05) is 45.1 Å². The van der Waals surface area contributed by atoms with Crippen molar-refractivity contribution in [3.05, 3.63) is 53.9 Å². The fourth-order valence-corrected chi connectivity index (χ4v) is 1.62. The Hall–Kier alpha value is -1.96. The van der Waals surface area contributed by atoms with Crippen molar-refractivity contribution in [3.63, 3.8) is 0 Å². The summed E-state index contributed by atoms with van der Waals surface area (Å²) in [7, 11) is 0. The molecule has 1 aromatic heterocycles. The van der Waals surface area contributed by atoms with Gasteiger partial charge in [-0.2, -0.15) is 0 Å². The van der Waals surface area contributed by atoms with Crippen LogP contribution < -0.4 is 0 Å². The van der Waals surface area contributed by atoms with Gasteiger partial charge in [0.25, 0.3) is 0 Å². The second-order valence-electron chi connectivity index (χ2n) is 4.27. The molecule has 94 valence electrons. The SMILES string of the molecule is C=Cc1nccc(C(=O)C(C)C)c1/C=C\C=C/C. The molecule has 1 heterocycles. The van der Waals surface area contributed by atoms with Crippen LogP contribution in [0, 0.1) is 5.92 Å². The molecule has 0 fully saturated rings. The summed E-state index contributed by atoms with van der Waals surface area (Å²) in [4.78, 5) is 16.4. The highest BCUT2D eigenvalue weighted by molar-refractivity contribution is 6.01. The number of carbonyl (C=O) groups is 1. The van der Waals surface area contributed by atoms with E-state index in [4.69, 9.17) is 0 Å². The summed E-state index contributed by atoms with van der Waals surface area (Å²) < 4.78 is 0. The average molecular weight is 241 g/mol. The number of ketones is 1. The highest BCUT2D eigenvalue weighted by atomic mass is 16.1. The molecule has 0 aliphatic rings. The zero-order chi connectivity index (χ0) is 13.5. The van der Waals surface area contributed by atoms with E-state index in [-0.39, 0.29) is 11.7 Å². The summed E-state index contributed by atoms with van der Waals surface area (Å²) in [5.41, 5.74) is 2.28. The van der Waals surface area contributed by atoms with Gasteiger partial charge in [0.1, 0.15) is 0 Å². The number of pyridine rings is 1. The maximum Gasteiger partial charge on any atom is 0.166 e. The number of Topliss-reactive ketones (excluding diaryl/α,β-unsaturated/α-hetero) is 1. The van der Waals surface area contributed by atoms with Gasteiger partial charge in [-0.1, -0.05) is 44.7 Å². The Morgan fingerprint density at radius 3 is 2.67 bits per heavy atom. The van der Waals surface area contributed by atoms with Crippen LogP contribution in [0.25, 0.3) is 12.2 Å². The van der Waals surface area contributed by atoms with Crippen molar-refractivity contribution in [1.29, 1.82) is 0 Å². The van der Waals surface area contributed by atoms with E-state index in [1.165, 1.54) is 0 Å². The first-order valence-corrected chi connectivity index (χ1v) is 6.06. The molecule has 0 amide bonds. The first-order valence-electron chi connectivity index (χ1n) is 6.06. The molecule has 0 saturated carbocycles. The van der Waals surface area contributed by atoms with Crippen LogP contribution in [0.15, 0.2) is 37.1 Å². The maximum atomic E-state index is 12.2. The van der Waals surface area contributed by atoms with Crippen LogP contribution in [0.4, 0.5) is 0 Å². The third-order valence-corrected chi connectivity index (χ3v) is 2.57. The molecule has 0 spiro atoms. The number of hydrogen-bond acceptors (Lipinski definition) is 2. The lowest BCUT2D eigenvalue weighted by Gasteiger charge is -2.09. The Kier molecular flexibility index (Phi) is 5.25. The molecule has 0 unspecified atom stereocenters. The van der Waals surface area contributed by atoms with E-state index < -0.39 is 0 Å². The smallest absolute Gasteiger partial charge is 0.166 e. The third kappa shape index (κ3) is 3.27. The van der Waals surface area contributed by atoms with Gasteiger partial charge in [0.15, 0.2) is 5.78 Å². The molecule has 0 N–H and O–H groups in total. The van der Waals surface area contributed by atoms with Crippen molar-refractivity contribution in [2.24, 2.45) is 5.92 Å². The Morgan fingerprint density at radius 2 is 2.11 bits per heavy atom. The predicted octanol–water partition coefficient (Wildman–Crippen LogP) is 4.15. The van der Waals surface area contributed by atoms with Gasteiger partial charge in [-0.25, -0.2) is 0 Å². The van der Waals surface area contributed by atoms with Gasteiger partial charge in [-0.15, -0.1) is 0 Å². The standard InChI is InChI=1S/C16H19NO/c1-5-7-8-9-13-14(16(18)12(3)4)10-11-17-15(13)6-2/h5-12H,2H2,1,3-4H3/b7-5-,9-8-. The zero-order valence-corrected chi connectivity index (χ0v) is 11.2. The minimum atomic E-state index is -0.0288. The van der Waals surface area contributed by atoms with Gasteiger partial charge in [0.2, 0.25) is 0 Å². The maximum absolute atomic E-state index is 12.2. The van der Waals surface area contributed by atoms with E-state index in [0.717, 1.165) is 11.3 Å². The lowest BCUT2D eigenvalue weighted by Crippen LogP contribution is -2.10. The summed E-state index contributed by atoms with van der Waals surface area (Å²) in [5.74, 6) is 0.0968. The number of carbonyl (C=O) groups excluding carboxylic acids is 1. The molecular weight excluding hydrogens is 222 g/mol. The fourth-order valence-electron chi connectivity index (χ4n) is 1.62. The Balaban J connectivity index is 3.33. The number of rotatable bonds is 5. The van der Waals surface area contributed by atoms with Crippen molar-refractivity contribution >= 4 is 17.9 Å². The minimum absolute atomic E-state index is 0.0288. The number of hydrogen-bond donors (Lipinski definition) is 0. The van der Waals surface area contributed by atoms with Crippen molar-refractivity contribution in [2.75, 3.05) is 0 Å². The van der Waals surface area contributed by atoms with Crippen LogP contribution in [0.3, 0.4) is 0 Å². The molecule has 18 heavy (non-hydrogen) atoms. The van der Waals surface area contributed by atoms with Gasteiger partial charge in [-0.05, 0) is 19.1 Å². The van der Waals surface area contributed by atoms with Crippen LogP contribution in [0.5, 0.6) is 0 Å². The largest absolute Gasteiger partial charge is 0.294 e. The highest BCUT2D eigenvalue weighted by Gasteiger charge is 2.15. The van der Waals surface area contributed by atoms with Crippen molar-refractivity contribution < 1.29 is 4.79 Å². The molecule has 2 heteroatoms. The second kappa shape index (κ2) is 6.70. The molecule has 0 aliphatic heterocycles. The fraction of sp³-hybridized carbons (Fsp3) is 0.250. The van der Waals surface area contributed by atoms with Crippen LogP contribution in [0.1, 0.15) is 42.4 Å². The number of allylic oxidation sites excluding steroid dienone is 3. The van der Waals surface area contributed by atoms with E-state index in [9.17, 15) is 4.79 Å². The van der Waals surface area contributed by atoms with Crippen LogP contribution in [-0.4, -0.2) is 10.8 Å². The van der Waals surface area contributed by atoms with Crippen LogP contribution in [0.2, 0.25) is 0 Å². The zero-order valence-electron chi connectivity index (χ0n) is 11.2. The summed E-state index contributed by atoms with van der Waals surface area (Å²) in [6, 6.07) is 1.77. The molecular formula is C16H19NO. The summed E-state index contributed by atoms with van der Waals surface area (Å²) in [6.45, 7) is 9.48. The lowest BCUT2D eigenvalue weighted by molar-refractivity contribution is 0.0939. The van der Waals surface area contributed by atoms with Crippen LogP contribution >= 0.6 is 0 Å². The van der Waals surface area contributed by atoms with Gasteiger partial charge >= 0.3 is 0 Å². The normalized spacial score (nSPS) is 11.6. The molecule has 0 aliphatic carbocycles. The molecule has 2 nitrogen and oxygen atoms in total. The monoisotopic (exact) mass is 241 g/mol. The lowest BCUT2D eigenvalue weighted by atomic mass is 9.95. The molecule has 0 bridgehead atoms. The van der Waals surface area contributed by atoms with Gasteiger partial charge in [0, 0.05) is 23.2 Å². The summed E-state index contributed by atoms with van der Waals surface area (Å²) >= 11 is 0. The number of nitrogens with zero attached hydrogens (tertiary/aromatic N) is 1. The van der Waals surface area contributed by atoms with E-state index in [0.29, 0.717) is 5.56 Å². The highest BCUT2D eigenvalue weighted by Crippen LogP contribution is 2.19. The first kappa shape index (κ1) is 14.1. The quantitative estimate of drug-likeness (QED) is 0.572. The van der Waals surface area contributed by atoms with Crippen molar-refractivity contribution in [2.45, 2.75) is 20.8 Å². The summed E-state index contributed by atoms with van der Waals surface area (Å²) in [6.07, 6.45) is 11.0. The second-order valence-corrected chi connectivity index (χ2v) is 4.27. The Bertz CT molecular complexity index is 496. The topological polar surface area (TPSA) is 30.0 Å². The molecule has 0 radical (unpaired) electrons. The minimum Gasteiger partial charge on any atom is -0.294 e. The van der Waals surface area contributed by atoms with Gasteiger partial charge in [0.05, 0.1) is 5.69 Å². The van der Waals surface area contributed by atoms with E-state index >= 15 is 0 Å². The van der Waals surface area contributed by atoms with Gasteiger partial charge in [-0.3, -0.25) is 9.78 Å². The Labute approximate surface area is 109 Å². The first-order chi connectivity index (χ1) is 8.61. The average Bonchev–Trinajstić information content (AvgIpc) is 2.38. The predicted molar refractivity (Wildman–Crippen MR) is 77.3 cm³/mol. The van der Waals surface area contributed by atoms with E-state index in [1.54, 1.807) is 18.3 Å². The van der Waals surface area contributed by atoms with Gasteiger partial charge < -0.3 is 0 Å². The summed E-state index contributed by atoms with van der Waals surface area (Å²) in [5, 5.41) is 0. The molecule has 0 saturated heterocycles. The molecule has 1 rings (SSSR count).